The number of benzene rings is 2. The van der Waals surface area contributed by atoms with Crippen molar-refractivity contribution < 1.29 is 4.92 Å². The molecule has 6 nitrogen and oxygen atoms in total. The van der Waals surface area contributed by atoms with E-state index >= 15 is 0 Å². The van der Waals surface area contributed by atoms with Gasteiger partial charge >= 0.3 is 5.69 Å². The topological polar surface area (TPSA) is 81.0 Å². The van der Waals surface area contributed by atoms with E-state index in [1.165, 1.54) is 18.1 Å². The molecule has 0 amide bonds. The molecule has 0 atom stereocenters. The first-order valence-electron chi connectivity index (χ1n) is 6.88. The number of hydrogen-bond donors (Lipinski definition) is 1. The predicted octanol–water partition coefficient (Wildman–Crippen LogP) is 4.93. The Morgan fingerprint density at radius 3 is 2.42 bits per heavy atom. The van der Waals surface area contributed by atoms with Gasteiger partial charge in [0.15, 0.2) is 5.03 Å². The molecule has 24 heavy (non-hydrogen) atoms. The fraction of sp³-hybridized carbons (Fsp3) is 0. The van der Waals surface area contributed by atoms with Crippen molar-refractivity contribution in [3.63, 3.8) is 0 Å². The van der Waals surface area contributed by atoms with Crippen molar-refractivity contribution >= 4 is 40.6 Å². The largest absolute Gasteiger partial charge is 0.343 e. The minimum Gasteiger partial charge on any atom is -0.334 e. The maximum absolute atomic E-state index is 11.5. The van der Waals surface area contributed by atoms with Crippen molar-refractivity contribution in [1.82, 2.24) is 9.97 Å². The van der Waals surface area contributed by atoms with Gasteiger partial charge in [-0.1, -0.05) is 41.6 Å². The molecule has 1 N–H and O–H groups in total. The molecule has 0 bridgehead atoms. The Morgan fingerprint density at radius 2 is 1.75 bits per heavy atom. The fourth-order valence-corrected chi connectivity index (χ4v) is 2.95. The molecule has 1 aromatic heterocycles. The number of nitrogens with one attached hydrogen (secondary N) is 1. The van der Waals surface area contributed by atoms with E-state index in [9.17, 15) is 10.1 Å². The Kier molecular flexibility index (Phi) is 4.93. The minimum atomic E-state index is -0.483. The second-order valence-corrected chi connectivity index (χ2v) is 6.18. The summed E-state index contributed by atoms with van der Waals surface area (Å²) in [4.78, 5) is 19.9. The average molecular weight is 359 g/mol. The maximum atomic E-state index is 11.5. The van der Waals surface area contributed by atoms with Gasteiger partial charge in [0.2, 0.25) is 5.82 Å². The molecule has 0 aliphatic heterocycles. The minimum absolute atomic E-state index is 0.151. The van der Waals surface area contributed by atoms with Gasteiger partial charge in [0.05, 0.1) is 4.92 Å². The second kappa shape index (κ2) is 7.29. The second-order valence-electron chi connectivity index (χ2n) is 4.68. The summed E-state index contributed by atoms with van der Waals surface area (Å²) in [6.45, 7) is 0. The first kappa shape index (κ1) is 16.2. The van der Waals surface area contributed by atoms with Crippen molar-refractivity contribution in [2.75, 3.05) is 5.32 Å². The van der Waals surface area contributed by atoms with Crippen LogP contribution in [-0.4, -0.2) is 14.9 Å². The fourth-order valence-electron chi connectivity index (χ4n) is 1.97. The molecule has 0 aliphatic rings. The van der Waals surface area contributed by atoms with Crippen LogP contribution >= 0.6 is 23.4 Å². The van der Waals surface area contributed by atoms with Crippen LogP contribution in [0.15, 0.2) is 70.8 Å². The average Bonchev–Trinajstić information content (AvgIpc) is 2.58. The summed E-state index contributed by atoms with van der Waals surface area (Å²) in [5.41, 5.74) is 0.544. The lowest BCUT2D eigenvalue weighted by Gasteiger charge is -2.08. The highest BCUT2D eigenvalue weighted by Gasteiger charge is 2.23. The summed E-state index contributed by atoms with van der Waals surface area (Å²) < 4.78 is 0. The van der Waals surface area contributed by atoms with Gasteiger partial charge in [0.25, 0.3) is 0 Å². The molecular weight excluding hydrogens is 348 g/mol. The van der Waals surface area contributed by atoms with Gasteiger partial charge in [0.1, 0.15) is 6.33 Å². The number of hydrogen-bond acceptors (Lipinski definition) is 6. The Labute approximate surface area is 147 Å². The van der Waals surface area contributed by atoms with Crippen LogP contribution in [-0.2, 0) is 0 Å². The first-order chi connectivity index (χ1) is 11.6. The lowest BCUT2D eigenvalue weighted by molar-refractivity contribution is -0.387. The third kappa shape index (κ3) is 3.81. The number of aromatic nitrogens is 2. The van der Waals surface area contributed by atoms with Crippen molar-refractivity contribution in [2.45, 2.75) is 9.92 Å². The number of rotatable bonds is 5. The normalized spacial score (nSPS) is 10.4. The Hall–Kier alpha value is -2.64. The van der Waals surface area contributed by atoms with E-state index in [1.54, 1.807) is 36.4 Å². The summed E-state index contributed by atoms with van der Waals surface area (Å²) in [6, 6.07) is 16.1. The van der Waals surface area contributed by atoms with E-state index in [1.807, 2.05) is 18.2 Å². The van der Waals surface area contributed by atoms with Gasteiger partial charge in [-0.05, 0) is 36.4 Å². The van der Waals surface area contributed by atoms with Crippen LogP contribution in [0.2, 0.25) is 5.02 Å². The lowest BCUT2D eigenvalue weighted by Crippen LogP contribution is -2.02. The van der Waals surface area contributed by atoms with Gasteiger partial charge < -0.3 is 5.32 Å². The van der Waals surface area contributed by atoms with E-state index in [-0.39, 0.29) is 16.5 Å². The maximum Gasteiger partial charge on any atom is 0.343 e. The quantitative estimate of drug-likeness (QED) is 0.395. The zero-order valence-electron chi connectivity index (χ0n) is 12.2. The molecule has 3 aromatic rings. The lowest BCUT2D eigenvalue weighted by atomic mass is 10.3. The molecular formula is C16H11ClN4O2S. The van der Waals surface area contributed by atoms with E-state index in [0.717, 1.165) is 4.90 Å². The predicted molar refractivity (Wildman–Crippen MR) is 94.0 cm³/mol. The molecule has 120 valence electrons. The Balaban J connectivity index is 1.96. The van der Waals surface area contributed by atoms with E-state index in [2.05, 4.69) is 15.3 Å². The van der Waals surface area contributed by atoms with Crippen molar-refractivity contribution in [1.29, 1.82) is 0 Å². The van der Waals surface area contributed by atoms with Gasteiger partial charge in [-0.3, -0.25) is 10.1 Å². The Morgan fingerprint density at radius 1 is 1.04 bits per heavy atom. The Bertz CT molecular complexity index is 860. The highest BCUT2D eigenvalue weighted by molar-refractivity contribution is 7.99. The SMILES string of the molecule is O=[N+]([O-])c1c(Nc2ccccc2)ncnc1Sc1ccc(Cl)cc1. The molecule has 0 aliphatic carbocycles. The van der Waals surface area contributed by atoms with E-state index < -0.39 is 4.92 Å². The van der Waals surface area contributed by atoms with Gasteiger partial charge in [-0.2, -0.15) is 0 Å². The number of nitro groups is 1. The summed E-state index contributed by atoms with van der Waals surface area (Å²) >= 11 is 7.04. The molecule has 0 spiro atoms. The summed E-state index contributed by atoms with van der Waals surface area (Å²) in [5, 5.41) is 15.4. The zero-order valence-corrected chi connectivity index (χ0v) is 13.8. The molecule has 0 radical (unpaired) electrons. The van der Waals surface area contributed by atoms with Crippen LogP contribution in [0.25, 0.3) is 0 Å². The number of halogens is 1. The monoisotopic (exact) mass is 358 g/mol. The smallest absolute Gasteiger partial charge is 0.334 e. The summed E-state index contributed by atoms with van der Waals surface area (Å²) in [5.74, 6) is 0.151. The molecule has 0 saturated carbocycles. The molecule has 0 unspecified atom stereocenters. The van der Waals surface area contributed by atoms with Crippen molar-refractivity contribution in [2.24, 2.45) is 0 Å². The van der Waals surface area contributed by atoms with Crippen LogP contribution in [0.4, 0.5) is 17.2 Å². The highest BCUT2D eigenvalue weighted by atomic mass is 35.5. The first-order valence-corrected chi connectivity index (χ1v) is 8.08. The van der Waals surface area contributed by atoms with Crippen LogP contribution in [0.5, 0.6) is 0 Å². The molecule has 8 heteroatoms. The molecule has 2 aromatic carbocycles. The highest BCUT2D eigenvalue weighted by Crippen LogP contribution is 2.37. The molecule has 3 rings (SSSR count). The number of para-hydroxylation sites is 1. The molecule has 0 saturated heterocycles. The third-order valence-electron chi connectivity index (χ3n) is 3.04. The van der Waals surface area contributed by atoms with E-state index in [0.29, 0.717) is 10.7 Å². The van der Waals surface area contributed by atoms with Crippen molar-refractivity contribution in [3.05, 3.63) is 76.1 Å². The van der Waals surface area contributed by atoms with Gasteiger partial charge in [-0.25, -0.2) is 9.97 Å². The molecule has 0 fully saturated rings. The summed E-state index contributed by atoms with van der Waals surface area (Å²) in [7, 11) is 0. The van der Waals surface area contributed by atoms with Crippen molar-refractivity contribution in [3.8, 4) is 0 Å². The van der Waals surface area contributed by atoms with Crippen LogP contribution in [0.3, 0.4) is 0 Å². The molecule has 1 heterocycles. The third-order valence-corrected chi connectivity index (χ3v) is 4.29. The zero-order chi connectivity index (χ0) is 16.9. The van der Waals surface area contributed by atoms with Crippen LogP contribution in [0.1, 0.15) is 0 Å². The standard InChI is InChI=1S/C16H11ClN4O2S/c17-11-6-8-13(9-7-11)24-16-14(21(22)23)15(18-10-19-16)20-12-4-2-1-3-5-12/h1-10H,(H,18,19,20). The van der Waals surface area contributed by atoms with E-state index in [4.69, 9.17) is 11.6 Å². The summed E-state index contributed by atoms with van der Waals surface area (Å²) in [6.07, 6.45) is 1.30. The van der Waals surface area contributed by atoms with Gasteiger partial charge in [0, 0.05) is 15.6 Å². The number of anilines is 2. The van der Waals surface area contributed by atoms with Crippen LogP contribution in [0, 0.1) is 10.1 Å². The number of nitrogens with zero attached hydrogens (tertiary/aromatic N) is 3. The van der Waals surface area contributed by atoms with Crippen LogP contribution < -0.4 is 5.32 Å². The van der Waals surface area contributed by atoms with Gasteiger partial charge in [-0.15, -0.1) is 0 Å².